The van der Waals surface area contributed by atoms with Gasteiger partial charge in [-0.2, -0.15) is 13.5 Å². The number of methoxy groups -OCH3 is 2. The predicted molar refractivity (Wildman–Crippen MR) is 105 cm³/mol. The summed E-state index contributed by atoms with van der Waals surface area (Å²) in [6.45, 7) is 0. The molecule has 0 amide bonds. The third-order valence-corrected chi connectivity index (χ3v) is 5.17. The Balaban J connectivity index is 2.29. The van der Waals surface area contributed by atoms with Gasteiger partial charge in [0, 0.05) is 21.3 Å². The van der Waals surface area contributed by atoms with Crippen LogP contribution >= 0.6 is 22.6 Å². The molecule has 2 N–H and O–H groups in total. The highest BCUT2D eigenvalue weighted by atomic mass is 127. The van der Waals surface area contributed by atoms with Gasteiger partial charge in [-0.1, -0.05) is 0 Å². The monoisotopic (exact) mass is 507 g/mol. The first kappa shape index (κ1) is 20.7. The number of hydrogen-bond donors (Lipinski definition) is 2. The van der Waals surface area contributed by atoms with E-state index in [0.29, 0.717) is 9.32 Å². The Morgan fingerprint density at radius 2 is 1.89 bits per heavy atom. The summed E-state index contributed by atoms with van der Waals surface area (Å²) in [7, 11) is -1.25. The van der Waals surface area contributed by atoms with Gasteiger partial charge in [-0.3, -0.25) is 10.1 Å². The number of hydrazone groups is 1. The summed E-state index contributed by atoms with van der Waals surface area (Å²) in [5.41, 5.74) is -0.519. The molecule has 0 radical (unpaired) electrons. The number of halogens is 1. The van der Waals surface area contributed by atoms with Crippen LogP contribution in [0.15, 0.2) is 40.3 Å². The molecule has 0 heterocycles. The SMILES string of the molecule is COc1ccc(S(=O)(=O)N/N=C\c2cc(I)cc([N+](=O)[O-])c2O)cc1OC. The van der Waals surface area contributed by atoms with E-state index >= 15 is 0 Å². The second-order valence-corrected chi connectivity index (χ2v) is 7.90. The highest BCUT2D eigenvalue weighted by molar-refractivity contribution is 14.1. The molecular weight excluding hydrogens is 493 g/mol. The summed E-state index contributed by atoms with van der Waals surface area (Å²) in [5, 5.41) is 24.4. The van der Waals surface area contributed by atoms with Crippen molar-refractivity contribution in [3.8, 4) is 17.2 Å². The Hall–Kier alpha value is -2.61. The topological polar surface area (TPSA) is 140 Å². The molecule has 0 aliphatic carbocycles. The van der Waals surface area contributed by atoms with Gasteiger partial charge in [0.1, 0.15) is 0 Å². The van der Waals surface area contributed by atoms with E-state index < -0.39 is 26.4 Å². The van der Waals surface area contributed by atoms with Crippen LogP contribution in [0.4, 0.5) is 5.69 Å². The number of nitrogens with one attached hydrogen (secondary N) is 1. The highest BCUT2D eigenvalue weighted by Crippen LogP contribution is 2.31. The lowest BCUT2D eigenvalue weighted by Gasteiger charge is -2.09. The zero-order chi connectivity index (χ0) is 20.2. The van der Waals surface area contributed by atoms with Crippen molar-refractivity contribution in [3.05, 3.63) is 49.6 Å². The summed E-state index contributed by atoms with van der Waals surface area (Å²) in [6, 6.07) is 6.57. The van der Waals surface area contributed by atoms with Gasteiger partial charge in [-0.15, -0.1) is 0 Å². The third kappa shape index (κ3) is 4.77. The molecule has 2 aromatic rings. The maximum atomic E-state index is 12.3. The average Bonchev–Trinajstić information content (AvgIpc) is 2.63. The molecule has 0 atom stereocenters. The van der Waals surface area contributed by atoms with Crippen LogP contribution in [0, 0.1) is 13.7 Å². The number of nitrogens with zero attached hydrogens (tertiary/aromatic N) is 2. The van der Waals surface area contributed by atoms with Crippen LogP contribution in [-0.2, 0) is 10.0 Å². The molecule has 2 rings (SSSR count). The number of rotatable bonds is 7. The quantitative estimate of drug-likeness (QED) is 0.254. The molecule has 0 saturated heterocycles. The summed E-state index contributed by atoms with van der Waals surface area (Å²) in [6.07, 6.45) is 0.975. The lowest BCUT2D eigenvalue weighted by atomic mass is 10.2. The first-order chi connectivity index (χ1) is 12.7. The van der Waals surface area contributed by atoms with E-state index in [1.165, 1.54) is 44.6 Å². The molecule has 2 aromatic carbocycles. The van der Waals surface area contributed by atoms with E-state index in [2.05, 4.69) is 5.10 Å². The minimum absolute atomic E-state index is 0.0105. The molecule has 0 unspecified atom stereocenters. The zero-order valence-electron chi connectivity index (χ0n) is 14.0. The maximum absolute atomic E-state index is 12.3. The van der Waals surface area contributed by atoms with Crippen molar-refractivity contribution in [3.63, 3.8) is 0 Å². The molecule has 27 heavy (non-hydrogen) atoms. The van der Waals surface area contributed by atoms with Gasteiger partial charge in [0.2, 0.25) is 5.75 Å². The first-order valence-electron chi connectivity index (χ1n) is 7.13. The lowest BCUT2D eigenvalue weighted by molar-refractivity contribution is -0.386. The minimum Gasteiger partial charge on any atom is -0.502 e. The van der Waals surface area contributed by atoms with Crippen LogP contribution in [0.5, 0.6) is 17.2 Å². The van der Waals surface area contributed by atoms with Crippen LogP contribution in [0.2, 0.25) is 0 Å². The number of nitro benzene ring substituents is 1. The molecule has 144 valence electrons. The van der Waals surface area contributed by atoms with Crippen LogP contribution in [0.25, 0.3) is 0 Å². The Morgan fingerprint density at radius 3 is 2.48 bits per heavy atom. The predicted octanol–water partition coefficient (Wildman–Crippen LogP) is 2.23. The second kappa shape index (κ2) is 8.39. The molecule has 0 spiro atoms. The molecule has 10 nitrogen and oxygen atoms in total. The van der Waals surface area contributed by atoms with Gasteiger partial charge in [0.25, 0.3) is 10.0 Å². The van der Waals surface area contributed by atoms with Crippen molar-refractivity contribution in [1.29, 1.82) is 0 Å². The number of phenolic OH excluding ortho intramolecular Hbond substituents is 1. The van der Waals surface area contributed by atoms with Crippen LogP contribution < -0.4 is 14.3 Å². The van der Waals surface area contributed by atoms with Crippen molar-refractivity contribution in [1.82, 2.24) is 4.83 Å². The van der Waals surface area contributed by atoms with E-state index in [1.54, 1.807) is 0 Å². The number of ether oxygens (including phenoxy) is 2. The Morgan fingerprint density at radius 1 is 1.22 bits per heavy atom. The molecular formula is C15H14IN3O7S. The largest absolute Gasteiger partial charge is 0.502 e. The van der Waals surface area contributed by atoms with E-state index in [1.807, 2.05) is 27.4 Å². The number of sulfonamides is 1. The maximum Gasteiger partial charge on any atom is 0.312 e. The van der Waals surface area contributed by atoms with Gasteiger partial charge < -0.3 is 14.6 Å². The number of benzene rings is 2. The lowest BCUT2D eigenvalue weighted by Crippen LogP contribution is -2.18. The van der Waals surface area contributed by atoms with Gasteiger partial charge in [0.15, 0.2) is 11.5 Å². The van der Waals surface area contributed by atoms with Crippen LogP contribution in [0.3, 0.4) is 0 Å². The number of hydrogen-bond acceptors (Lipinski definition) is 8. The Kier molecular flexibility index (Phi) is 6.43. The fourth-order valence-electron chi connectivity index (χ4n) is 2.04. The van der Waals surface area contributed by atoms with Gasteiger partial charge in [0.05, 0.1) is 30.3 Å². The summed E-state index contributed by atoms with van der Waals surface area (Å²) in [5.74, 6) is -0.0410. The molecule has 0 aromatic heterocycles. The third-order valence-electron chi connectivity index (χ3n) is 3.32. The summed E-state index contributed by atoms with van der Waals surface area (Å²) in [4.78, 5) is 12.0. The summed E-state index contributed by atoms with van der Waals surface area (Å²) < 4.78 is 35.2. The van der Waals surface area contributed by atoms with E-state index in [-0.39, 0.29) is 16.2 Å². The normalized spacial score (nSPS) is 11.4. The van der Waals surface area contributed by atoms with E-state index in [4.69, 9.17) is 9.47 Å². The molecule has 0 bridgehead atoms. The standard InChI is InChI=1S/C15H14IN3O7S/c1-25-13-4-3-11(7-14(13)26-2)27(23,24)18-17-8-9-5-10(16)6-12(15(9)20)19(21)22/h3-8,18,20H,1-2H3/b17-8-. The number of nitro groups is 1. The minimum atomic E-state index is -4.04. The summed E-state index contributed by atoms with van der Waals surface area (Å²) >= 11 is 1.83. The smallest absolute Gasteiger partial charge is 0.312 e. The molecule has 12 heteroatoms. The molecule has 0 saturated carbocycles. The van der Waals surface area contributed by atoms with Crippen molar-refractivity contribution >= 4 is 44.5 Å². The molecule has 0 fully saturated rings. The number of aromatic hydroxyl groups is 1. The van der Waals surface area contributed by atoms with Crippen molar-refractivity contribution in [2.75, 3.05) is 14.2 Å². The average molecular weight is 507 g/mol. The molecule has 0 aliphatic heterocycles. The fraction of sp³-hybridized carbons (Fsp3) is 0.133. The van der Waals surface area contributed by atoms with Crippen molar-refractivity contribution < 1.29 is 27.9 Å². The van der Waals surface area contributed by atoms with E-state index in [0.717, 1.165) is 6.21 Å². The Labute approximate surface area is 168 Å². The highest BCUT2D eigenvalue weighted by Gasteiger charge is 2.19. The van der Waals surface area contributed by atoms with Crippen LogP contribution in [-0.4, -0.2) is 38.9 Å². The van der Waals surface area contributed by atoms with Gasteiger partial charge in [-0.25, -0.2) is 4.83 Å². The van der Waals surface area contributed by atoms with Crippen LogP contribution in [0.1, 0.15) is 5.56 Å². The van der Waals surface area contributed by atoms with Crippen molar-refractivity contribution in [2.24, 2.45) is 5.10 Å². The second-order valence-electron chi connectivity index (χ2n) is 4.99. The van der Waals surface area contributed by atoms with Gasteiger partial charge in [-0.05, 0) is 40.8 Å². The zero-order valence-corrected chi connectivity index (χ0v) is 17.0. The fourth-order valence-corrected chi connectivity index (χ4v) is 3.48. The van der Waals surface area contributed by atoms with E-state index in [9.17, 15) is 23.6 Å². The Bertz CT molecular complexity index is 1010. The molecule has 0 aliphatic rings. The van der Waals surface area contributed by atoms with Gasteiger partial charge >= 0.3 is 5.69 Å². The first-order valence-corrected chi connectivity index (χ1v) is 9.69. The van der Waals surface area contributed by atoms with Crippen molar-refractivity contribution in [2.45, 2.75) is 4.90 Å². The number of phenols is 1.